The summed E-state index contributed by atoms with van der Waals surface area (Å²) in [6.07, 6.45) is -5.30. The van der Waals surface area contributed by atoms with Gasteiger partial charge < -0.3 is 15.7 Å². The van der Waals surface area contributed by atoms with Crippen LogP contribution in [0, 0.1) is 5.82 Å². The summed E-state index contributed by atoms with van der Waals surface area (Å²) < 4.78 is 53.9. The lowest BCUT2D eigenvalue weighted by atomic mass is 10.1. The third-order valence-electron chi connectivity index (χ3n) is 2.46. The Morgan fingerprint density at radius 1 is 1.35 bits per heavy atom. The van der Waals surface area contributed by atoms with Crippen molar-refractivity contribution >= 4 is 5.84 Å². The summed E-state index contributed by atoms with van der Waals surface area (Å²) in [4.78, 5) is 0. The maximum absolute atomic E-state index is 13.1. The van der Waals surface area contributed by atoms with Crippen LogP contribution in [0.5, 0.6) is 0 Å². The van der Waals surface area contributed by atoms with Crippen molar-refractivity contribution in [3.63, 3.8) is 0 Å². The molecule has 0 saturated heterocycles. The van der Waals surface area contributed by atoms with Gasteiger partial charge >= 0.3 is 6.18 Å². The van der Waals surface area contributed by atoms with E-state index in [0.29, 0.717) is 5.56 Å². The van der Waals surface area contributed by atoms with Crippen LogP contribution in [0.15, 0.2) is 23.4 Å². The second-order valence-electron chi connectivity index (χ2n) is 4.06. The summed E-state index contributed by atoms with van der Waals surface area (Å²) in [6.45, 7) is -0.143. The second-order valence-corrected chi connectivity index (χ2v) is 4.06. The Labute approximate surface area is 112 Å². The van der Waals surface area contributed by atoms with Crippen molar-refractivity contribution < 1.29 is 27.5 Å². The number of nitrogens with zero attached hydrogens (tertiary/aromatic N) is 1. The van der Waals surface area contributed by atoms with Crippen LogP contribution >= 0.6 is 0 Å². The smallest absolute Gasteiger partial charge is 0.389 e. The highest BCUT2D eigenvalue weighted by molar-refractivity contribution is 5.98. The maximum atomic E-state index is 13.1. The summed E-state index contributed by atoms with van der Waals surface area (Å²) in [6, 6.07) is 3.58. The number of alkyl halides is 3. The molecule has 0 fully saturated rings. The molecule has 0 aliphatic rings. The van der Waals surface area contributed by atoms with Crippen LogP contribution in [-0.2, 0) is 11.3 Å². The van der Waals surface area contributed by atoms with Crippen molar-refractivity contribution in [2.24, 2.45) is 10.9 Å². The first-order valence-corrected chi connectivity index (χ1v) is 5.74. The molecule has 4 nitrogen and oxygen atoms in total. The first-order valence-electron chi connectivity index (χ1n) is 5.74. The van der Waals surface area contributed by atoms with Crippen LogP contribution in [-0.4, -0.2) is 23.8 Å². The number of hydrogen-bond acceptors (Lipinski definition) is 3. The van der Waals surface area contributed by atoms with Crippen LogP contribution in [0.4, 0.5) is 17.6 Å². The Balaban J connectivity index is 2.56. The van der Waals surface area contributed by atoms with E-state index in [4.69, 9.17) is 15.7 Å². The SMILES string of the molecule is N/C(=N/O)c1cc(F)ccc1COCCCC(F)(F)F. The number of oxime groups is 1. The van der Waals surface area contributed by atoms with E-state index in [1.807, 2.05) is 0 Å². The van der Waals surface area contributed by atoms with Crippen molar-refractivity contribution in [3.8, 4) is 0 Å². The Morgan fingerprint density at radius 2 is 2.05 bits per heavy atom. The summed E-state index contributed by atoms with van der Waals surface area (Å²) in [5.41, 5.74) is 5.95. The largest absolute Gasteiger partial charge is 0.409 e. The molecule has 0 atom stereocenters. The van der Waals surface area contributed by atoms with Gasteiger partial charge in [-0.25, -0.2) is 4.39 Å². The highest BCUT2D eigenvalue weighted by Crippen LogP contribution is 2.21. The highest BCUT2D eigenvalue weighted by atomic mass is 19.4. The van der Waals surface area contributed by atoms with Gasteiger partial charge in [-0.05, 0) is 24.1 Å². The Hall–Kier alpha value is -1.83. The van der Waals surface area contributed by atoms with E-state index in [1.165, 1.54) is 6.07 Å². The molecule has 0 heterocycles. The molecule has 112 valence electrons. The fourth-order valence-electron chi connectivity index (χ4n) is 1.52. The first kappa shape index (κ1) is 16.2. The van der Waals surface area contributed by atoms with Crippen LogP contribution in [0.25, 0.3) is 0 Å². The van der Waals surface area contributed by atoms with Crippen molar-refractivity contribution in [3.05, 3.63) is 35.1 Å². The van der Waals surface area contributed by atoms with Gasteiger partial charge in [-0.15, -0.1) is 0 Å². The minimum atomic E-state index is -4.21. The average molecular weight is 294 g/mol. The van der Waals surface area contributed by atoms with Gasteiger partial charge in [0.05, 0.1) is 6.61 Å². The van der Waals surface area contributed by atoms with Gasteiger partial charge in [0.2, 0.25) is 0 Å². The van der Waals surface area contributed by atoms with Crippen LogP contribution in [0.1, 0.15) is 24.0 Å². The monoisotopic (exact) mass is 294 g/mol. The number of halogens is 4. The number of benzene rings is 1. The number of rotatable bonds is 6. The molecule has 1 aromatic carbocycles. The number of nitrogens with two attached hydrogens (primary N) is 1. The lowest BCUT2D eigenvalue weighted by Crippen LogP contribution is -2.16. The molecule has 20 heavy (non-hydrogen) atoms. The number of ether oxygens (including phenoxy) is 1. The molecule has 1 rings (SSSR count). The molecule has 0 radical (unpaired) electrons. The Kier molecular flexibility index (Phi) is 5.75. The van der Waals surface area contributed by atoms with Gasteiger partial charge in [-0.3, -0.25) is 0 Å². The lowest BCUT2D eigenvalue weighted by molar-refractivity contribution is -0.138. The molecule has 0 aliphatic carbocycles. The third kappa shape index (κ3) is 5.43. The molecular weight excluding hydrogens is 280 g/mol. The minimum absolute atomic E-state index is 0.0519. The van der Waals surface area contributed by atoms with E-state index in [2.05, 4.69) is 5.16 Å². The predicted octanol–water partition coefficient (Wildman–Crippen LogP) is 2.78. The topological polar surface area (TPSA) is 67.8 Å². The number of hydrogen-bond donors (Lipinski definition) is 2. The molecular formula is C12H14F4N2O2. The predicted molar refractivity (Wildman–Crippen MR) is 63.9 cm³/mol. The molecule has 0 bridgehead atoms. The van der Waals surface area contributed by atoms with Crippen LogP contribution < -0.4 is 5.73 Å². The molecule has 3 N–H and O–H groups in total. The Morgan fingerprint density at radius 3 is 2.65 bits per heavy atom. The summed E-state index contributed by atoms with van der Waals surface area (Å²) in [5, 5.41) is 11.3. The zero-order valence-electron chi connectivity index (χ0n) is 10.5. The van der Waals surface area contributed by atoms with Crippen molar-refractivity contribution in [1.29, 1.82) is 0 Å². The molecule has 0 amide bonds. The highest BCUT2D eigenvalue weighted by Gasteiger charge is 2.25. The molecule has 0 aliphatic heterocycles. The van der Waals surface area contributed by atoms with Crippen molar-refractivity contribution in [2.45, 2.75) is 25.6 Å². The van der Waals surface area contributed by atoms with E-state index < -0.39 is 18.4 Å². The second kappa shape index (κ2) is 7.09. The molecule has 0 aromatic heterocycles. The van der Waals surface area contributed by atoms with Crippen LogP contribution in [0.2, 0.25) is 0 Å². The molecule has 1 aromatic rings. The number of amidine groups is 1. The Bertz CT molecular complexity index is 475. The summed E-state index contributed by atoms with van der Waals surface area (Å²) in [7, 11) is 0. The fraction of sp³-hybridized carbons (Fsp3) is 0.417. The maximum Gasteiger partial charge on any atom is 0.389 e. The van der Waals surface area contributed by atoms with E-state index in [9.17, 15) is 17.6 Å². The zero-order valence-corrected chi connectivity index (χ0v) is 10.5. The normalized spacial score (nSPS) is 12.7. The third-order valence-corrected chi connectivity index (χ3v) is 2.46. The zero-order chi connectivity index (χ0) is 15.2. The van der Waals surface area contributed by atoms with Crippen molar-refractivity contribution in [1.82, 2.24) is 0 Å². The minimum Gasteiger partial charge on any atom is -0.409 e. The summed E-state index contributed by atoms with van der Waals surface area (Å²) in [5.74, 6) is -0.870. The summed E-state index contributed by atoms with van der Waals surface area (Å²) >= 11 is 0. The van der Waals surface area contributed by atoms with Gasteiger partial charge in [0, 0.05) is 18.6 Å². The standard InChI is InChI=1S/C12H14F4N2O2/c13-9-3-2-8(10(6-9)11(17)18-19)7-20-5-1-4-12(14,15)16/h2-3,6,19H,1,4-5,7H2,(H2,17,18). The average Bonchev–Trinajstić information content (AvgIpc) is 2.37. The fourth-order valence-corrected chi connectivity index (χ4v) is 1.52. The van der Waals surface area contributed by atoms with Crippen LogP contribution in [0.3, 0.4) is 0 Å². The van der Waals surface area contributed by atoms with Gasteiger partial charge in [0.1, 0.15) is 5.82 Å². The molecule has 0 saturated carbocycles. The molecule has 8 heteroatoms. The van der Waals surface area contributed by atoms with E-state index in [0.717, 1.165) is 12.1 Å². The van der Waals surface area contributed by atoms with E-state index >= 15 is 0 Å². The van der Waals surface area contributed by atoms with Gasteiger partial charge in [-0.1, -0.05) is 11.2 Å². The van der Waals surface area contributed by atoms with E-state index in [1.54, 1.807) is 0 Å². The van der Waals surface area contributed by atoms with E-state index in [-0.39, 0.29) is 31.0 Å². The lowest BCUT2D eigenvalue weighted by Gasteiger charge is -2.10. The van der Waals surface area contributed by atoms with Crippen molar-refractivity contribution in [2.75, 3.05) is 6.61 Å². The molecule has 0 spiro atoms. The van der Waals surface area contributed by atoms with Gasteiger partial charge in [0.15, 0.2) is 5.84 Å². The quantitative estimate of drug-likeness (QED) is 0.212. The molecule has 0 unspecified atom stereocenters. The van der Waals surface area contributed by atoms with Gasteiger partial charge in [0.25, 0.3) is 0 Å². The first-order chi connectivity index (χ1) is 9.33. The van der Waals surface area contributed by atoms with Gasteiger partial charge in [-0.2, -0.15) is 13.2 Å².